The largest absolute Gasteiger partial charge is 0.451 e. The molecule has 108 valence electrons. The van der Waals surface area contributed by atoms with Crippen molar-refractivity contribution in [2.24, 2.45) is 0 Å². The zero-order valence-corrected chi connectivity index (χ0v) is 11.8. The predicted octanol–water partition coefficient (Wildman–Crippen LogP) is 2.18. The second-order valence-electron chi connectivity index (χ2n) is 3.92. The molecule has 0 heterocycles. The van der Waals surface area contributed by atoms with E-state index in [4.69, 9.17) is 14.2 Å². The fourth-order valence-corrected chi connectivity index (χ4v) is 1.38. The summed E-state index contributed by atoms with van der Waals surface area (Å²) in [5.74, 6) is 4.64. The Bertz CT molecular complexity index is 431. The van der Waals surface area contributed by atoms with Gasteiger partial charge in [0, 0.05) is 18.9 Å². The van der Waals surface area contributed by atoms with Crippen LogP contribution in [-0.4, -0.2) is 32.4 Å². The van der Waals surface area contributed by atoms with Crippen molar-refractivity contribution in [3.63, 3.8) is 0 Å². The molecule has 4 heteroatoms. The van der Waals surface area contributed by atoms with Gasteiger partial charge >= 0.3 is 5.97 Å². The molecule has 0 radical (unpaired) electrons. The highest BCUT2D eigenvalue weighted by Crippen LogP contribution is 2.00. The minimum atomic E-state index is -0.511. The highest BCUT2D eigenvalue weighted by molar-refractivity contribution is 5.88. The molecule has 0 amide bonds. The van der Waals surface area contributed by atoms with E-state index in [0.29, 0.717) is 32.8 Å². The van der Waals surface area contributed by atoms with Crippen LogP contribution in [0.15, 0.2) is 30.3 Å². The lowest BCUT2D eigenvalue weighted by atomic mass is 10.2. The number of carbonyl (C=O) groups excluding carboxylic acids is 1. The van der Waals surface area contributed by atoms with Gasteiger partial charge in [-0.3, -0.25) is 0 Å². The van der Waals surface area contributed by atoms with Crippen molar-refractivity contribution in [1.82, 2.24) is 0 Å². The van der Waals surface area contributed by atoms with Crippen molar-refractivity contribution in [1.29, 1.82) is 0 Å². The normalized spacial score (nSPS) is 9.65. The number of ether oxygens (including phenoxy) is 3. The molecule has 0 aliphatic carbocycles. The highest BCUT2D eigenvalue weighted by atomic mass is 16.5. The molecule has 0 saturated carbocycles. The van der Waals surface area contributed by atoms with Gasteiger partial charge in [0.05, 0.1) is 19.8 Å². The van der Waals surface area contributed by atoms with Gasteiger partial charge in [-0.05, 0) is 12.5 Å². The molecule has 0 aromatic heterocycles. The maximum absolute atomic E-state index is 11.3. The zero-order chi connectivity index (χ0) is 14.5. The van der Waals surface area contributed by atoms with Crippen molar-refractivity contribution < 1.29 is 19.0 Å². The van der Waals surface area contributed by atoms with E-state index in [1.54, 1.807) is 0 Å². The minimum absolute atomic E-state index is 0.249. The van der Waals surface area contributed by atoms with Gasteiger partial charge in [0.1, 0.15) is 6.61 Å². The number of carbonyl (C=O) groups is 1. The number of hydrogen-bond acceptors (Lipinski definition) is 4. The van der Waals surface area contributed by atoms with Crippen LogP contribution in [0.1, 0.15) is 18.9 Å². The van der Waals surface area contributed by atoms with Crippen molar-refractivity contribution in [3.05, 3.63) is 35.9 Å². The quantitative estimate of drug-likeness (QED) is 0.316. The van der Waals surface area contributed by atoms with E-state index in [-0.39, 0.29) is 6.61 Å². The summed E-state index contributed by atoms with van der Waals surface area (Å²) in [5, 5.41) is 0. The first-order valence-electron chi connectivity index (χ1n) is 6.68. The Labute approximate surface area is 120 Å². The minimum Gasteiger partial charge on any atom is -0.451 e. The molecule has 1 aromatic carbocycles. The summed E-state index contributed by atoms with van der Waals surface area (Å²) in [6.45, 7) is 4.51. The molecular formula is C16H20O4. The van der Waals surface area contributed by atoms with Gasteiger partial charge in [0.15, 0.2) is 0 Å². The Balaban J connectivity index is 2.06. The third-order valence-corrected chi connectivity index (χ3v) is 2.35. The zero-order valence-electron chi connectivity index (χ0n) is 11.8. The third kappa shape index (κ3) is 8.30. The first kappa shape index (κ1) is 16.2. The van der Waals surface area contributed by atoms with Gasteiger partial charge < -0.3 is 14.2 Å². The first-order chi connectivity index (χ1) is 9.83. The van der Waals surface area contributed by atoms with Gasteiger partial charge in [0.2, 0.25) is 0 Å². The molecular weight excluding hydrogens is 256 g/mol. The SMILES string of the molecule is CCOCCOCCC#CC(=O)OCc1ccccc1. The monoisotopic (exact) mass is 276 g/mol. The van der Waals surface area contributed by atoms with Crippen LogP contribution >= 0.6 is 0 Å². The summed E-state index contributed by atoms with van der Waals surface area (Å²) in [5.41, 5.74) is 0.946. The lowest BCUT2D eigenvalue weighted by Gasteiger charge is -2.01. The van der Waals surface area contributed by atoms with E-state index in [9.17, 15) is 4.79 Å². The molecule has 0 aliphatic rings. The fourth-order valence-electron chi connectivity index (χ4n) is 1.38. The Hall–Kier alpha value is -1.83. The van der Waals surface area contributed by atoms with Crippen LogP contribution in [0.5, 0.6) is 0 Å². The second-order valence-corrected chi connectivity index (χ2v) is 3.92. The second kappa shape index (κ2) is 11.0. The molecule has 0 atom stereocenters. The van der Waals surface area contributed by atoms with Crippen LogP contribution in [0.25, 0.3) is 0 Å². The van der Waals surface area contributed by atoms with Crippen LogP contribution in [0.4, 0.5) is 0 Å². The van der Waals surface area contributed by atoms with E-state index >= 15 is 0 Å². The van der Waals surface area contributed by atoms with Gasteiger partial charge in [-0.2, -0.15) is 0 Å². The molecule has 0 saturated heterocycles. The van der Waals surface area contributed by atoms with Gasteiger partial charge in [-0.1, -0.05) is 36.3 Å². The van der Waals surface area contributed by atoms with Crippen LogP contribution in [0.3, 0.4) is 0 Å². The topological polar surface area (TPSA) is 44.8 Å². The van der Waals surface area contributed by atoms with Gasteiger partial charge in [-0.25, -0.2) is 4.79 Å². The van der Waals surface area contributed by atoms with Crippen molar-refractivity contribution in [2.75, 3.05) is 26.4 Å². The maximum Gasteiger partial charge on any atom is 0.384 e. The summed E-state index contributed by atoms with van der Waals surface area (Å²) in [6, 6.07) is 9.50. The average Bonchev–Trinajstić information content (AvgIpc) is 2.49. The molecule has 1 rings (SSSR count). The van der Waals surface area contributed by atoms with Crippen molar-refractivity contribution in [2.45, 2.75) is 20.0 Å². The number of hydrogen-bond donors (Lipinski definition) is 0. The van der Waals surface area contributed by atoms with E-state index in [1.165, 1.54) is 0 Å². The summed E-state index contributed by atoms with van der Waals surface area (Å²) >= 11 is 0. The molecule has 0 aliphatic heterocycles. The Kier molecular flexibility index (Phi) is 8.95. The summed E-state index contributed by atoms with van der Waals surface area (Å²) in [4.78, 5) is 11.3. The van der Waals surface area contributed by atoms with Crippen molar-refractivity contribution >= 4 is 5.97 Å². The Morgan fingerprint density at radius 3 is 2.60 bits per heavy atom. The van der Waals surface area contributed by atoms with E-state index in [0.717, 1.165) is 5.56 Å². The number of benzene rings is 1. The summed E-state index contributed by atoms with van der Waals surface area (Å²) in [7, 11) is 0. The smallest absolute Gasteiger partial charge is 0.384 e. The molecule has 4 nitrogen and oxygen atoms in total. The lowest BCUT2D eigenvalue weighted by Crippen LogP contribution is -2.04. The predicted molar refractivity (Wildman–Crippen MR) is 75.9 cm³/mol. The number of rotatable bonds is 8. The molecule has 0 bridgehead atoms. The molecule has 0 spiro atoms. The van der Waals surface area contributed by atoms with Crippen LogP contribution in [-0.2, 0) is 25.6 Å². The molecule has 1 aromatic rings. The van der Waals surface area contributed by atoms with Gasteiger partial charge in [0.25, 0.3) is 0 Å². The fraction of sp³-hybridized carbons (Fsp3) is 0.438. The Morgan fingerprint density at radius 1 is 1.10 bits per heavy atom. The van der Waals surface area contributed by atoms with E-state index < -0.39 is 5.97 Å². The number of esters is 1. The average molecular weight is 276 g/mol. The maximum atomic E-state index is 11.3. The summed E-state index contributed by atoms with van der Waals surface area (Å²) < 4.78 is 15.4. The van der Waals surface area contributed by atoms with Crippen LogP contribution in [0, 0.1) is 11.8 Å². The molecule has 20 heavy (non-hydrogen) atoms. The standard InChI is InChI=1S/C16H20O4/c1-2-18-12-13-19-11-7-6-10-16(17)20-14-15-8-4-3-5-9-15/h3-5,8-9H,2,7,11-14H2,1H3. The highest BCUT2D eigenvalue weighted by Gasteiger charge is 1.97. The summed E-state index contributed by atoms with van der Waals surface area (Å²) in [6.07, 6.45) is 0.507. The molecule has 0 unspecified atom stereocenters. The van der Waals surface area contributed by atoms with E-state index in [1.807, 2.05) is 37.3 Å². The van der Waals surface area contributed by atoms with Crippen LogP contribution < -0.4 is 0 Å². The van der Waals surface area contributed by atoms with Crippen LogP contribution in [0.2, 0.25) is 0 Å². The van der Waals surface area contributed by atoms with Crippen molar-refractivity contribution in [3.8, 4) is 11.8 Å². The Morgan fingerprint density at radius 2 is 1.85 bits per heavy atom. The van der Waals surface area contributed by atoms with Gasteiger partial charge in [-0.15, -0.1) is 0 Å². The lowest BCUT2D eigenvalue weighted by molar-refractivity contribution is -0.137. The van der Waals surface area contributed by atoms with E-state index in [2.05, 4.69) is 11.8 Å². The first-order valence-corrected chi connectivity index (χ1v) is 6.68. The third-order valence-electron chi connectivity index (χ3n) is 2.35. The molecule has 0 N–H and O–H groups in total. The molecule has 0 fully saturated rings.